The minimum atomic E-state index is -0.955. The Bertz CT molecular complexity index is 1320. The van der Waals surface area contributed by atoms with E-state index in [9.17, 15) is 24.0 Å². The molecule has 10 nitrogen and oxygen atoms in total. The fourth-order valence-electron chi connectivity index (χ4n) is 6.08. The van der Waals surface area contributed by atoms with Crippen LogP contribution in [0.2, 0.25) is 0 Å². The summed E-state index contributed by atoms with van der Waals surface area (Å²) in [6.07, 6.45) is 5.03. The first-order valence-electron chi connectivity index (χ1n) is 15.8. The molecule has 3 saturated heterocycles. The highest BCUT2D eigenvalue weighted by Crippen LogP contribution is 2.21. The molecular weight excluding hydrogens is 560 g/mol. The lowest BCUT2D eigenvalue weighted by Crippen LogP contribution is -2.63. The van der Waals surface area contributed by atoms with Gasteiger partial charge in [-0.25, -0.2) is 0 Å². The Labute approximate surface area is 258 Å². The van der Waals surface area contributed by atoms with Crippen LogP contribution in [0, 0.1) is 0 Å². The summed E-state index contributed by atoms with van der Waals surface area (Å²) in [5.41, 5.74) is 1.73. The minimum Gasteiger partial charge on any atom is -0.365 e. The van der Waals surface area contributed by atoms with Gasteiger partial charge in [0.1, 0.15) is 30.3 Å². The maximum absolute atomic E-state index is 14.1. The van der Waals surface area contributed by atoms with E-state index >= 15 is 0 Å². The van der Waals surface area contributed by atoms with E-state index in [1.54, 1.807) is 4.90 Å². The van der Waals surface area contributed by atoms with E-state index in [4.69, 9.17) is 4.74 Å². The summed E-state index contributed by atoms with van der Waals surface area (Å²) < 4.78 is 5.05. The van der Waals surface area contributed by atoms with Crippen LogP contribution >= 0.6 is 0 Å². The zero-order chi connectivity index (χ0) is 30.9. The monoisotopic (exact) mass is 602 g/mol. The molecule has 3 aliphatic heterocycles. The van der Waals surface area contributed by atoms with Crippen molar-refractivity contribution in [3.05, 3.63) is 71.8 Å². The molecule has 0 unspecified atom stereocenters. The van der Waals surface area contributed by atoms with Crippen molar-refractivity contribution in [3.63, 3.8) is 0 Å². The van der Waals surface area contributed by atoms with Crippen molar-refractivity contribution < 1.29 is 28.7 Å². The number of fused-ring (bicyclic) bond motifs is 1. The fourth-order valence-corrected chi connectivity index (χ4v) is 6.08. The van der Waals surface area contributed by atoms with Gasteiger partial charge in [0.05, 0.1) is 6.61 Å². The van der Waals surface area contributed by atoms with Crippen molar-refractivity contribution in [3.8, 4) is 0 Å². The van der Waals surface area contributed by atoms with Gasteiger partial charge in [-0.3, -0.25) is 24.0 Å². The number of ketones is 1. The van der Waals surface area contributed by atoms with E-state index in [0.29, 0.717) is 51.7 Å². The Morgan fingerprint density at radius 2 is 1.32 bits per heavy atom. The van der Waals surface area contributed by atoms with Gasteiger partial charge in [0.2, 0.25) is 23.6 Å². The van der Waals surface area contributed by atoms with Gasteiger partial charge in [0, 0.05) is 25.8 Å². The van der Waals surface area contributed by atoms with Crippen LogP contribution in [0.3, 0.4) is 0 Å². The Hall–Kier alpha value is -4.05. The third kappa shape index (κ3) is 8.53. The van der Waals surface area contributed by atoms with Crippen LogP contribution in [0.5, 0.6) is 0 Å². The van der Waals surface area contributed by atoms with Crippen molar-refractivity contribution in [1.82, 2.24) is 20.9 Å². The summed E-state index contributed by atoms with van der Waals surface area (Å²) in [5.74, 6) is -1.44. The lowest BCUT2D eigenvalue weighted by molar-refractivity contribution is -0.146. The van der Waals surface area contributed by atoms with E-state index in [-0.39, 0.29) is 36.5 Å². The summed E-state index contributed by atoms with van der Waals surface area (Å²) in [5, 5.41) is 8.78. The highest BCUT2D eigenvalue weighted by molar-refractivity contribution is 5.97. The molecule has 2 aromatic carbocycles. The highest BCUT2D eigenvalue weighted by Gasteiger charge is 2.39. The lowest BCUT2D eigenvalue weighted by atomic mass is 9.96. The molecule has 0 bridgehead atoms. The van der Waals surface area contributed by atoms with Crippen molar-refractivity contribution in [1.29, 1.82) is 0 Å². The Morgan fingerprint density at radius 3 is 1.98 bits per heavy atom. The number of rotatable bonds is 11. The van der Waals surface area contributed by atoms with Gasteiger partial charge < -0.3 is 25.6 Å². The van der Waals surface area contributed by atoms with Crippen LogP contribution in [0.15, 0.2) is 60.7 Å². The number of piperidine rings is 1. The first-order valence-corrected chi connectivity index (χ1v) is 15.8. The van der Waals surface area contributed by atoms with Crippen LogP contribution < -0.4 is 16.0 Å². The van der Waals surface area contributed by atoms with Crippen LogP contribution in [-0.4, -0.2) is 77.7 Å². The van der Waals surface area contributed by atoms with E-state index in [0.717, 1.165) is 24.0 Å². The summed E-state index contributed by atoms with van der Waals surface area (Å²) in [4.78, 5) is 68.9. The minimum absolute atomic E-state index is 0.101. The predicted molar refractivity (Wildman–Crippen MR) is 163 cm³/mol. The van der Waals surface area contributed by atoms with Crippen LogP contribution in [0.4, 0.5) is 0 Å². The number of benzene rings is 2. The Balaban J connectivity index is 1.37. The molecule has 4 amide bonds. The topological polar surface area (TPSA) is 137 Å². The molecule has 44 heavy (non-hydrogen) atoms. The molecule has 2 aromatic rings. The summed E-state index contributed by atoms with van der Waals surface area (Å²) in [6.45, 7) is 0.902. The van der Waals surface area contributed by atoms with Crippen molar-refractivity contribution in [2.24, 2.45) is 0 Å². The maximum atomic E-state index is 14.1. The second kappa shape index (κ2) is 15.1. The molecule has 3 N–H and O–H groups in total. The van der Waals surface area contributed by atoms with E-state index in [1.165, 1.54) is 0 Å². The Kier molecular flexibility index (Phi) is 10.8. The summed E-state index contributed by atoms with van der Waals surface area (Å²) in [6, 6.07) is 15.4. The number of epoxide rings is 1. The third-order valence-corrected chi connectivity index (χ3v) is 8.64. The molecule has 3 aliphatic rings. The number of Topliss-reactive ketones (excluding diaryl/α,β-unsaturated/α-hetero) is 1. The number of hydrogen-bond acceptors (Lipinski definition) is 6. The zero-order valence-electron chi connectivity index (χ0n) is 25.0. The van der Waals surface area contributed by atoms with Gasteiger partial charge in [-0.15, -0.1) is 0 Å². The zero-order valence-corrected chi connectivity index (χ0v) is 25.0. The first kappa shape index (κ1) is 31.4. The quantitative estimate of drug-likeness (QED) is 0.267. The number of nitrogens with zero attached hydrogens (tertiary/aromatic N) is 1. The average Bonchev–Trinajstić information content (AvgIpc) is 3.89. The number of unbranched alkanes of at least 4 members (excludes halogenated alkanes) is 2. The predicted octanol–water partition coefficient (Wildman–Crippen LogP) is 2.24. The Morgan fingerprint density at radius 1 is 0.727 bits per heavy atom. The molecule has 3 heterocycles. The molecule has 5 atom stereocenters. The van der Waals surface area contributed by atoms with Crippen LogP contribution in [0.1, 0.15) is 62.5 Å². The number of carbonyl (C=O) groups is 5. The van der Waals surface area contributed by atoms with Gasteiger partial charge in [-0.1, -0.05) is 73.5 Å². The smallest absolute Gasteiger partial charge is 0.246 e. The number of hydrogen-bond donors (Lipinski definition) is 3. The van der Waals surface area contributed by atoms with E-state index in [2.05, 4.69) is 16.0 Å². The number of carbonyl (C=O) groups excluding carboxylic acids is 5. The molecule has 0 aliphatic carbocycles. The van der Waals surface area contributed by atoms with Crippen molar-refractivity contribution >= 4 is 29.4 Å². The van der Waals surface area contributed by atoms with Gasteiger partial charge in [0.25, 0.3) is 0 Å². The second-order valence-electron chi connectivity index (χ2n) is 12.0. The standard InChI is InChI=1S/C34H42N4O6/c39-29(30-22-44-30)18-9-3-8-16-25-31(40)36-26(20-23-12-4-1-5-13-23)32(41)37-27(21-24-14-6-2-7-15-24)34(43)38-19-11-10-17-28(38)33(42)35-25/h1-2,4-7,12-15,25-28,30H,3,8-11,16-22H2,(H,35,42)(H,36,40)(H,37,41)/t25-,26-,27-,28+,30-/m0/s1. The van der Waals surface area contributed by atoms with E-state index < -0.39 is 36.0 Å². The highest BCUT2D eigenvalue weighted by atomic mass is 16.6. The number of amides is 4. The largest absolute Gasteiger partial charge is 0.365 e. The van der Waals surface area contributed by atoms with E-state index in [1.807, 2.05) is 60.7 Å². The van der Waals surface area contributed by atoms with Crippen LogP contribution in [-0.2, 0) is 41.6 Å². The number of ether oxygens (including phenoxy) is 1. The van der Waals surface area contributed by atoms with Gasteiger partial charge in [-0.2, -0.15) is 0 Å². The molecular formula is C34H42N4O6. The first-order chi connectivity index (χ1) is 21.4. The van der Waals surface area contributed by atoms with Gasteiger partial charge in [-0.05, 0) is 43.2 Å². The molecule has 3 fully saturated rings. The molecule has 10 heteroatoms. The molecule has 0 spiro atoms. The second-order valence-corrected chi connectivity index (χ2v) is 12.0. The normalized spacial score (nSPS) is 25.9. The lowest BCUT2D eigenvalue weighted by Gasteiger charge is -2.38. The summed E-state index contributed by atoms with van der Waals surface area (Å²) in [7, 11) is 0. The molecule has 0 radical (unpaired) electrons. The third-order valence-electron chi connectivity index (χ3n) is 8.64. The molecule has 0 aromatic heterocycles. The SMILES string of the molecule is O=C1N[C@@H](Cc2ccccc2)C(=O)N2CCCC[C@@H]2C(=O)N[C@@H](CCCCCC(=O)[C@@H]2CO2)C(=O)N[C@H]1Cc1ccccc1. The summed E-state index contributed by atoms with van der Waals surface area (Å²) >= 11 is 0. The number of nitrogens with one attached hydrogen (secondary N) is 3. The molecule has 0 saturated carbocycles. The van der Waals surface area contributed by atoms with Crippen molar-refractivity contribution in [2.75, 3.05) is 13.2 Å². The van der Waals surface area contributed by atoms with Gasteiger partial charge >= 0.3 is 0 Å². The molecule has 234 valence electrons. The maximum Gasteiger partial charge on any atom is 0.246 e. The van der Waals surface area contributed by atoms with Crippen molar-refractivity contribution in [2.45, 2.75) is 94.5 Å². The van der Waals surface area contributed by atoms with Gasteiger partial charge in [0.15, 0.2) is 5.78 Å². The van der Waals surface area contributed by atoms with Crippen LogP contribution in [0.25, 0.3) is 0 Å². The fraction of sp³-hybridized carbons (Fsp3) is 0.500. The molecule has 5 rings (SSSR count). The average molecular weight is 603 g/mol.